The number of fused-ring (bicyclic) bond motifs is 2. The molecule has 2 aliphatic rings. The first-order valence-electron chi connectivity index (χ1n) is 6.16. The third kappa shape index (κ3) is 1.67. The molecule has 84 valence electrons. The summed E-state index contributed by atoms with van der Waals surface area (Å²) in [5.74, 6) is 0.816. The highest BCUT2D eigenvalue weighted by Gasteiger charge is 2.36. The van der Waals surface area contributed by atoms with E-state index in [1.54, 1.807) is 0 Å². The minimum absolute atomic E-state index is 0.328. The van der Waals surface area contributed by atoms with Gasteiger partial charge in [0.2, 0.25) is 0 Å². The fraction of sp³-hybridized carbons (Fsp3) is 0.500. The van der Waals surface area contributed by atoms with Crippen molar-refractivity contribution in [3.05, 3.63) is 35.9 Å². The van der Waals surface area contributed by atoms with Crippen molar-refractivity contribution >= 4 is 5.78 Å². The normalized spacial score (nSPS) is 33.8. The predicted octanol–water partition coefficient (Wildman–Crippen LogP) is 2.41. The number of nitrogens with zero attached hydrogens (tertiary/aromatic N) is 1. The zero-order chi connectivity index (χ0) is 11.0. The van der Waals surface area contributed by atoms with Gasteiger partial charge in [0.1, 0.15) is 5.78 Å². The quantitative estimate of drug-likeness (QED) is 0.717. The molecule has 1 aromatic rings. The molecular formula is C14H17NO. The van der Waals surface area contributed by atoms with E-state index in [1.165, 1.54) is 5.56 Å². The van der Waals surface area contributed by atoms with Crippen LogP contribution in [-0.4, -0.2) is 23.8 Å². The molecule has 2 heterocycles. The fourth-order valence-electron chi connectivity index (χ4n) is 3.06. The summed E-state index contributed by atoms with van der Waals surface area (Å²) in [6.07, 6.45) is 2.98. The summed E-state index contributed by atoms with van der Waals surface area (Å²) in [6.45, 7) is 1.94. The van der Waals surface area contributed by atoms with Crippen molar-refractivity contribution in [2.75, 3.05) is 13.1 Å². The number of hydrogen-bond donors (Lipinski definition) is 0. The zero-order valence-electron chi connectivity index (χ0n) is 9.43. The first-order valence-corrected chi connectivity index (χ1v) is 6.16. The molecule has 2 aliphatic heterocycles. The molecule has 3 rings (SSSR count). The lowest BCUT2D eigenvalue weighted by atomic mass is 9.82. The Bertz CT molecular complexity index is 387. The molecule has 2 bridgehead atoms. The zero-order valence-corrected chi connectivity index (χ0v) is 9.43. The van der Waals surface area contributed by atoms with Crippen LogP contribution in [0.3, 0.4) is 0 Å². The Morgan fingerprint density at radius 1 is 1.12 bits per heavy atom. The van der Waals surface area contributed by atoms with E-state index in [0.717, 1.165) is 32.4 Å². The molecule has 0 radical (unpaired) electrons. The summed E-state index contributed by atoms with van der Waals surface area (Å²) in [6, 6.07) is 11.2. The van der Waals surface area contributed by atoms with Crippen LogP contribution in [0.1, 0.15) is 30.9 Å². The molecule has 16 heavy (non-hydrogen) atoms. The fourth-order valence-corrected chi connectivity index (χ4v) is 3.06. The first-order chi connectivity index (χ1) is 7.84. The molecule has 2 fully saturated rings. The largest absolute Gasteiger partial charge is 0.299 e. The molecule has 0 aromatic heterocycles. The molecule has 3 unspecified atom stereocenters. The molecule has 0 amide bonds. The summed E-state index contributed by atoms with van der Waals surface area (Å²) < 4.78 is 0. The van der Waals surface area contributed by atoms with E-state index in [2.05, 4.69) is 35.2 Å². The lowest BCUT2D eigenvalue weighted by Gasteiger charge is -2.42. The maximum absolute atomic E-state index is 11.6. The average Bonchev–Trinajstić information content (AvgIpc) is 2.35. The third-order valence-electron chi connectivity index (χ3n) is 3.97. The maximum Gasteiger partial charge on any atom is 0.138 e. The van der Waals surface area contributed by atoms with E-state index in [9.17, 15) is 4.79 Å². The molecular weight excluding hydrogens is 198 g/mol. The molecule has 2 saturated heterocycles. The predicted molar refractivity (Wildman–Crippen MR) is 63.1 cm³/mol. The van der Waals surface area contributed by atoms with Gasteiger partial charge < -0.3 is 0 Å². The molecule has 0 N–H and O–H groups in total. The number of piperidine rings is 2. The van der Waals surface area contributed by atoms with E-state index in [0.29, 0.717) is 17.7 Å². The standard InChI is InChI=1S/C14H17NO/c16-14-8-9-15-10-12(14)6-7-13(15)11-4-2-1-3-5-11/h1-5,12-13H,6-10H2. The smallest absolute Gasteiger partial charge is 0.138 e. The average molecular weight is 215 g/mol. The lowest BCUT2D eigenvalue weighted by molar-refractivity contribution is -0.129. The highest BCUT2D eigenvalue weighted by atomic mass is 16.1. The lowest BCUT2D eigenvalue weighted by Crippen LogP contribution is -2.46. The number of hydrogen-bond acceptors (Lipinski definition) is 2. The van der Waals surface area contributed by atoms with Gasteiger partial charge in [0.15, 0.2) is 0 Å². The van der Waals surface area contributed by atoms with Gasteiger partial charge in [-0.15, -0.1) is 0 Å². The van der Waals surface area contributed by atoms with Gasteiger partial charge in [0, 0.05) is 31.5 Å². The summed E-state index contributed by atoms with van der Waals surface area (Å²) >= 11 is 0. The van der Waals surface area contributed by atoms with Crippen LogP contribution in [0, 0.1) is 5.92 Å². The Morgan fingerprint density at radius 2 is 1.94 bits per heavy atom. The van der Waals surface area contributed by atoms with Crippen molar-refractivity contribution < 1.29 is 4.79 Å². The minimum atomic E-state index is 0.328. The van der Waals surface area contributed by atoms with E-state index in [1.807, 2.05) is 0 Å². The summed E-state index contributed by atoms with van der Waals surface area (Å²) in [5, 5.41) is 0. The van der Waals surface area contributed by atoms with Crippen LogP contribution in [0.15, 0.2) is 30.3 Å². The van der Waals surface area contributed by atoms with Crippen LogP contribution in [0.4, 0.5) is 0 Å². The Morgan fingerprint density at radius 3 is 2.75 bits per heavy atom. The van der Waals surface area contributed by atoms with Crippen LogP contribution in [0.25, 0.3) is 0 Å². The van der Waals surface area contributed by atoms with Crippen LogP contribution in [0.5, 0.6) is 0 Å². The van der Waals surface area contributed by atoms with Gasteiger partial charge in [-0.1, -0.05) is 30.3 Å². The Hall–Kier alpha value is -1.15. The van der Waals surface area contributed by atoms with Crippen LogP contribution in [0.2, 0.25) is 0 Å². The number of rotatable bonds is 1. The molecule has 1 aromatic carbocycles. The van der Waals surface area contributed by atoms with Crippen molar-refractivity contribution in [3.63, 3.8) is 0 Å². The highest BCUT2D eigenvalue weighted by Crippen LogP contribution is 2.36. The van der Waals surface area contributed by atoms with Gasteiger partial charge in [0.25, 0.3) is 0 Å². The van der Waals surface area contributed by atoms with Gasteiger partial charge in [-0.25, -0.2) is 0 Å². The van der Waals surface area contributed by atoms with Gasteiger partial charge in [-0.3, -0.25) is 9.69 Å². The number of ketones is 1. The van der Waals surface area contributed by atoms with Crippen LogP contribution < -0.4 is 0 Å². The van der Waals surface area contributed by atoms with Crippen molar-refractivity contribution in [1.82, 2.24) is 4.90 Å². The monoisotopic (exact) mass is 215 g/mol. The second-order valence-corrected chi connectivity index (χ2v) is 4.91. The minimum Gasteiger partial charge on any atom is -0.299 e. The third-order valence-corrected chi connectivity index (χ3v) is 3.97. The first kappa shape index (κ1) is 10.0. The van der Waals surface area contributed by atoms with Gasteiger partial charge >= 0.3 is 0 Å². The van der Waals surface area contributed by atoms with Gasteiger partial charge in [-0.2, -0.15) is 0 Å². The van der Waals surface area contributed by atoms with E-state index in [4.69, 9.17) is 0 Å². The Kier molecular flexibility index (Phi) is 2.52. The Labute approximate surface area is 96.3 Å². The molecule has 0 saturated carbocycles. The molecule has 0 spiro atoms. The molecule has 0 aliphatic carbocycles. The SMILES string of the molecule is O=C1CCN2CC1CCC2c1ccccc1. The topological polar surface area (TPSA) is 20.3 Å². The van der Waals surface area contributed by atoms with Crippen LogP contribution in [-0.2, 0) is 4.79 Å². The number of carbonyl (C=O) groups is 1. The molecule has 2 nitrogen and oxygen atoms in total. The number of carbonyl (C=O) groups excluding carboxylic acids is 1. The summed E-state index contributed by atoms with van der Waals surface area (Å²) in [5.41, 5.74) is 1.41. The molecule has 3 atom stereocenters. The van der Waals surface area contributed by atoms with E-state index < -0.39 is 0 Å². The van der Waals surface area contributed by atoms with Gasteiger partial charge in [-0.05, 0) is 18.4 Å². The second kappa shape index (κ2) is 4.02. The van der Waals surface area contributed by atoms with E-state index in [-0.39, 0.29) is 0 Å². The van der Waals surface area contributed by atoms with Crippen LogP contribution >= 0.6 is 0 Å². The summed E-state index contributed by atoms with van der Waals surface area (Å²) in [4.78, 5) is 14.1. The van der Waals surface area contributed by atoms with Crippen molar-refractivity contribution in [3.8, 4) is 0 Å². The maximum atomic E-state index is 11.6. The Balaban J connectivity index is 1.82. The van der Waals surface area contributed by atoms with Gasteiger partial charge in [0.05, 0.1) is 0 Å². The summed E-state index contributed by atoms with van der Waals surface area (Å²) in [7, 11) is 0. The second-order valence-electron chi connectivity index (χ2n) is 4.91. The number of benzene rings is 1. The molecule has 2 heteroatoms. The highest BCUT2D eigenvalue weighted by molar-refractivity contribution is 5.82. The van der Waals surface area contributed by atoms with E-state index >= 15 is 0 Å². The van der Waals surface area contributed by atoms with Crippen molar-refractivity contribution in [2.45, 2.75) is 25.3 Å². The van der Waals surface area contributed by atoms with Crippen molar-refractivity contribution in [2.24, 2.45) is 5.92 Å². The number of Topliss-reactive ketones (excluding diaryl/α,β-unsaturated/α-hetero) is 1. The van der Waals surface area contributed by atoms with Crippen molar-refractivity contribution in [1.29, 1.82) is 0 Å².